The summed E-state index contributed by atoms with van der Waals surface area (Å²) in [4.78, 5) is 0. The summed E-state index contributed by atoms with van der Waals surface area (Å²) in [5.74, 6) is 0.685. The zero-order valence-electron chi connectivity index (χ0n) is 7.39. The number of rotatable bonds is 5. The Morgan fingerprint density at radius 2 is 1.70 bits per heavy atom. The number of hydrogen-bond donors (Lipinski definition) is 0. The highest BCUT2D eigenvalue weighted by Crippen LogP contribution is 2.11. The van der Waals surface area contributed by atoms with E-state index in [-0.39, 0.29) is 6.29 Å². The molecule has 0 aromatic carbocycles. The van der Waals surface area contributed by atoms with Crippen molar-refractivity contribution in [1.29, 1.82) is 0 Å². The van der Waals surface area contributed by atoms with E-state index >= 15 is 0 Å². The van der Waals surface area contributed by atoms with Crippen molar-refractivity contribution in [1.82, 2.24) is 0 Å². The summed E-state index contributed by atoms with van der Waals surface area (Å²) in [5.41, 5.74) is 0. The van der Waals surface area contributed by atoms with Crippen molar-refractivity contribution in [3.63, 3.8) is 0 Å². The van der Waals surface area contributed by atoms with Crippen LogP contribution >= 0.6 is 0 Å². The molecule has 0 saturated heterocycles. The fraction of sp³-hybridized carbons (Fsp3) is 1.00. The first kappa shape index (κ1) is 9.92. The van der Waals surface area contributed by atoms with Gasteiger partial charge in [0.05, 0.1) is 0 Å². The predicted molar refractivity (Wildman–Crippen MR) is 41.9 cm³/mol. The molecule has 0 aliphatic rings. The van der Waals surface area contributed by atoms with Crippen molar-refractivity contribution >= 4 is 0 Å². The summed E-state index contributed by atoms with van der Waals surface area (Å²) >= 11 is 0. The molecule has 0 heterocycles. The maximum absolute atomic E-state index is 5.05. The monoisotopic (exact) mass is 146 g/mol. The van der Waals surface area contributed by atoms with Gasteiger partial charge >= 0.3 is 0 Å². The molecule has 0 bridgehead atoms. The van der Waals surface area contributed by atoms with Gasteiger partial charge in [-0.3, -0.25) is 0 Å². The van der Waals surface area contributed by atoms with Gasteiger partial charge in [0.1, 0.15) is 0 Å². The van der Waals surface area contributed by atoms with E-state index in [1.54, 1.807) is 14.2 Å². The Hall–Kier alpha value is -0.0800. The van der Waals surface area contributed by atoms with Crippen molar-refractivity contribution < 1.29 is 9.47 Å². The lowest BCUT2D eigenvalue weighted by atomic mass is 10.1. The highest BCUT2D eigenvalue weighted by Gasteiger charge is 2.08. The third kappa shape index (κ3) is 3.85. The minimum absolute atomic E-state index is 0.0186. The van der Waals surface area contributed by atoms with Gasteiger partial charge in [0.15, 0.2) is 6.29 Å². The van der Waals surface area contributed by atoms with Crippen molar-refractivity contribution in [2.45, 2.75) is 33.0 Å². The topological polar surface area (TPSA) is 18.5 Å². The van der Waals surface area contributed by atoms with Crippen LogP contribution in [-0.2, 0) is 9.47 Å². The van der Waals surface area contributed by atoms with Crippen LogP contribution in [0, 0.1) is 5.92 Å². The molecule has 0 N–H and O–H groups in total. The summed E-state index contributed by atoms with van der Waals surface area (Å²) in [7, 11) is 3.35. The van der Waals surface area contributed by atoms with Gasteiger partial charge in [0.2, 0.25) is 0 Å². The van der Waals surface area contributed by atoms with Gasteiger partial charge in [-0.15, -0.1) is 0 Å². The zero-order valence-corrected chi connectivity index (χ0v) is 7.39. The van der Waals surface area contributed by atoms with Gasteiger partial charge in [-0.2, -0.15) is 0 Å². The van der Waals surface area contributed by atoms with E-state index in [0.29, 0.717) is 5.92 Å². The highest BCUT2D eigenvalue weighted by atomic mass is 16.7. The number of hydrogen-bond acceptors (Lipinski definition) is 2. The van der Waals surface area contributed by atoms with Crippen LogP contribution < -0.4 is 0 Å². The van der Waals surface area contributed by atoms with Crippen LogP contribution in [0.15, 0.2) is 0 Å². The fourth-order valence-corrected chi connectivity index (χ4v) is 0.784. The summed E-state index contributed by atoms with van der Waals surface area (Å²) in [6, 6.07) is 0. The number of methoxy groups -OCH3 is 2. The minimum Gasteiger partial charge on any atom is -0.356 e. The molecule has 1 atom stereocenters. The lowest BCUT2D eigenvalue weighted by Gasteiger charge is -2.16. The summed E-state index contributed by atoms with van der Waals surface area (Å²) in [5, 5.41) is 0. The van der Waals surface area contributed by atoms with E-state index in [9.17, 15) is 0 Å². The molecule has 0 spiro atoms. The van der Waals surface area contributed by atoms with E-state index in [1.165, 1.54) is 6.42 Å². The molecule has 0 aliphatic heterocycles. The molecule has 0 aromatic rings. The van der Waals surface area contributed by atoms with Gasteiger partial charge in [-0.25, -0.2) is 0 Å². The molecular formula is C8H18O2. The third-order valence-corrected chi connectivity index (χ3v) is 1.82. The van der Waals surface area contributed by atoms with Gasteiger partial charge in [0, 0.05) is 20.6 Å². The molecule has 0 fully saturated rings. The van der Waals surface area contributed by atoms with Crippen molar-refractivity contribution in [3.8, 4) is 0 Å². The standard InChI is InChI=1S/C8H18O2/c1-5-7(2)6-8(9-3)10-4/h7-8H,5-6H2,1-4H3. The van der Waals surface area contributed by atoms with Crippen LogP contribution in [0.3, 0.4) is 0 Å². The normalized spacial score (nSPS) is 14.1. The first-order chi connectivity index (χ1) is 4.74. The number of ether oxygens (including phenoxy) is 2. The summed E-state index contributed by atoms with van der Waals surface area (Å²) < 4.78 is 10.1. The second kappa shape index (κ2) is 5.69. The molecule has 62 valence electrons. The molecular weight excluding hydrogens is 128 g/mol. The average molecular weight is 146 g/mol. The Morgan fingerprint density at radius 3 is 2.00 bits per heavy atom. The smallest absolute Gasteiger partial charge is 0.157 e. The second-order valence-corrected chi connectivity index (χ2v) is 2.65. The zero-order chi connectivity index (χ0) is 7.98. The second-order valence-electron chi connectivity index (χ2n) is 2.65. The van der Waals surface area contributed by atoms with E-state index < -0.39 is 0 Å². The molecule has 1 unspecified atom stereocenters. The average Bonchev–Trinajstić information content (AvgIpc) is 1.99. The maximum atomic E-state index is 5.05. The van der Waals surface area contributed by atoms with Gasteiger partial charge in [0.25, 0.3) is 0 Å². The molecule has 10 heavy (non-hydrogen) atoms. The predicted octanol–water partition coefficient (Wildman–Crippen LogP) is 2.04. The Balaban J connectivity index is 3.41. The lowest BCUT2D eigenvalue weighted by molar-refractivity contribution is -0.113. The highest BCUT2D eigenvalue weighted by molar-refractivity contribution is 4.52. The molecule has 0 radical (unpaired) electrons. The van der Waals surface area contributed by atoms with E-state index in [0.717, 1.165) is 6.42 Å². The van der Waals surface area contributed by atoms with Crippen LogP contribution in [0.5, 0.6) is 0 Å². The van der Waals surface area contributed by atoms with Crippen LogP contribution in [0.2, 0.25) is 0 Å². The molecule has 0 aliphatic carbocycles. The van der Waals surface area contributed by atoms with Gasteiger partial charge in [-0.1, -0.05) is 20.3 Å². The minimum atomic E-state index is -0.0186. The van der Waals surface area contributed by atoms with Crippen molar-refractivity contribution in [2.75, 3.05) is 14.2 Å². The van der Waals surface area contributed by atoms with Gasteiger partial charge < -0.3 is 9.47 Å². The Morgan fingerprint density at radius 1 is 1.20 bits per heavy atom. The molecule has 2 nitrogen and oxygen atoms in total. The lowest BCUT2D eigenvalue weighted by Crippen LogP contribution is -2.16. The van der Waals surface area contributed by atoms with E-state index in [1.807, 2.05) is 0 Å². The quantitative estimate of drug-likeness (QED) is 0.552. The maximum Gasteiger partial charge on any atom is 0.157 e. The van der Waals surface area contributed by atoms with E-state index in [4.69, 9.17) is 9.47 Å². The molecule has 0 saturated carbocycles. The SMILES string of the molecule is CCC(C)CC(OC)OC. The first-order valence-electron chi connectivity index (χ1n) is 3.80. The van der Waals surface area contributed by atoms with Crippen molar-refractivity contribution in [3.05, 3.63) is 0 Å². The Kier molecular flexibility index (Phi) is 5.64. The van der Waals surface area contributed by atoms with Crippen LogP contribution in [0.4, 0.5) is 0 Å². The van der Waals surface area contributed by atoms with Crippen LogP contribution in [-0.4, -0.2) is 20.5 Å². The molecule has 0 amide bonds. The fourth-order valence-electron chi connectivity index (χ4n) is 0.784. The summed E-state index contributed by atoms with van der Waals surface area (Å²) in [6.07, 6.45) is 2.15. The third-order valence-electron chi connectivity index (χ3n) is 1.82. The van der Waals surface area contributed by atoms with Crippen LogP contribution in [0.25, 0.3) is 0 Å². The van der Waals surface area contributed by atoms with E-state index in [2.05, 4.69) is 13.8 Å². The molecule has 2 heteroatoms. The van der Waals surface area contributed by atoms with Crippen molar-refractivity contribution in [2.24, 2.45) is 5.92 Å². The Labute approximate surface area is 63.5 Å². The molecule has 0 aromatic heterocycles. The molecule has 0 rings (SSSR count). The summed E-state index contributed by atoms with van der Waals surface area (Å²) in [6.45, 7) is 4.37. The first-order valence-corrected chi connectivity index (χ1v) is 3.80. The Bertz CT molecular complexity index is 69.7. The largest absolute Gasteiger partial charge is 0.356 e. The van der Waals surface area contributed by atoms with Crippen LogP contribution in [0.1, 0.15) is 26.7 Å². The van der Waals surface area contributed by atoms with Gasteiger partial charge in [-0.05, 0) is 5.92 Å².